The predicted octanol–water partition coefficient (Wildman–Crippen LogP) is 4.91. The first-order chi connectivity index (χ1) is 15.6. The minimum absolute atomic E-state index is 0.0377. The molecule has 6 nitrogen and oxygen atoms in total. The number of hydrogen-bond donors (Lipinski definition) is 2. The highest BCUT2D eigenvalue weighted by Crippen LogP contribution is 2.47. The molecule has 174 valence electrons. The number of benzene rings is 1. The van der Waals surface area contributed by atoms with Crippen molar-refractivity contribution in [3.05, 3.63) is 89.0 Å². The molecule has 0 spiro atoms. The van der Waals surface area contributed by atoms with E-state index < -0.39 is 6.04 Å². The summed E-state index contributed by atoms with van der Waals surface area (Å²) >= 11 is 6.72. The van der Waals surface area contributed by atoms with Gasteiger partial charge in [-0.2, -0.15) is 0 Å². The van der Waals surface area contributed by atoms with Crippen molar-refractivity contribution in [1.29, 1.82) is 0 Å². The molecule has 1 aromatic carbocycles. The third-order valence-electron chi connectivity index (χ3n) is 5.69. The van der Waals surface area contributed by atoms with Crippen LogP contribution in [0.1, 0.15) is 45.2 Å². The molecule has 1 unspecified atom stereocenters. The fraction of sp³-hybridized carbons (Fsp3) is 0.308. The first-order valence-corrected chi connectivity index (χ1v) is 11.1. The Hall–Kier alpha value is -3.25. The molecule has 33 heavy (non-hydrogen) atoms. The molecule has 0 radical (unpaired) electrons. The summed E-state index contributed by atoms with van der Waals surface area (Å²) in [6, 6.07) is 4.51. The number of nitrogens with zero attached hydrogens (tertiary/aromatic N) is 1. The lowest BCUT2D eigenvalue weighted by atomic mass is 9.73. The second-order valence-corrected chi connectivity index (χ2v) is 9.31. The summed E-state index contributed by atoms with van der Waals surface area (Å²) in [5, 5.41) is 3.72. The highest BCUT2D eigenvalue weighted by atomic mass is 35.5. The van der Waals surface area contributed by atoms with Gasteiger partial charge in [-0.1, -0.05) is 56.8 Å². The van der Waals surface area contributed by atoms with Crippen LogP contribution in [0.15, 0.2) is 78.4 Å². The molecule has 3 N–H and O–H groups in total. The number of halogens is 1. The third-order valence-corrected chi connectivity index (χ3v) is 6.02. The first kappa shape index (κ1) is 24.4. The summed E-state index contributed by atoms with van der Waals surface area (Å²) in [7, 11) is 0. The number of ketones is 1. The molecule has 0 saturated heterocycles. The van der Waals surface area contributed by atoms with Crippen LogP contribution >= 0.6 is 11.6 Å². The number of carbonyl (C=O) groups excluding carboxylic acids is 2. The fourth-order valence-corrected chi connectivity index (χ4v) is 4.69. The molecule has 2 aliphatic rings. The molecule has 1 aliphatic carbocycles. The average molecular weight is 468 g/mol. The first-order valence-electron chi connectivity index (χ1n) is 10.7. The lowest BCUT2D eigenvalue weighted by Gasteiger charge is -2.37. The minimum Gasteiger partial charge on any atom is -0.490 e. The van der Waals surface area contributed by atoms with Crippen LogP contribution in [0.4, 0.5) is 0 Å². The number of amides is 1. The fourth-order valence-electron chi connectivity index (χ4n) is 4.42. The largest absolute Gasteiger partial charge is 0.490 e. The number of nitrogens with one attached hydrogen (secondary N) is 1. The maximum atomic E-state index is 13.5. The Bertz CT molecular complexity index is 1100. The summed E-state index contributed by atoms with van der Waals surface area (Å²) < 4.78 is 5.60. The van der Waals surface area contributed by atoms with Crippen molar-refractivity contribution in [1.82, 2.24) is 10.2 Å². The number of rotatable bonds is 5. The van der Waals surface area contributed by atoms with Crippen LogP contribution in [0.5, 0.6) is 5.75 Å². The standard InChI is InChI=1S/C26H30ClN3O3/c1-6-8-22-21(15-28)29-20-13-26(4,5)14-23(32)24(20)25(30(22)16(3)31)18-10-9-17(12-19(18)27)33-11-7-2/h6-10,12,15,25,29H,1-2,11,13-14,28H2,3-5H3/b21-15+,22-8+. The normalized spacial score (nSPS) is 22.5. The molecular formula is C26H30ClN3O3. The number of ether oxygens (including phenoxy) is 1. The summed E-state index contributed by atoms with van der Waals surface area (Å²) in [4.78, 5) is 28.1. The van der Waals surface area contributed by atoms with Crippen molar-refractivity contribution in [2.24, 2.45) is 11.1 Å². The molecule has 1 heterocycles. The number of nitrogens with two attached hydrogens (primary N) is 1. The quantitative estimate of drug-likeness (QED) is 0.601. The number of carbonyl (C=O) groups is 2. The van der Waals surface area contributed by atoms with Crippen molar-refractivity contribution in [2.75, 3.05) is 6.61 Å². The van der Waals surface area contributed by atoms with E-state index in [9.17, 15) is 9.59 Å². The Balaban J connectivity index is 2.31. The van der Waals surface area contributed by atoms with Gasteiger partial charge in [0.15, 0.2) is 5.78 Å². The van der Waals surface area contributed by atoms with Crippen molar-refractivity contribution in [3.8, 4) is 5.75 Å². The van der Waals surface area contributed by atoms with Gasteiger partial charge in [0.05, 0.1) is 17.4 Å². The molecule has 0 bridgehead atoms. The maximum Gasteiger partial charge on any atom is 0.224 e. The zero-order valence-electron chi connectivity index (χ0n) is 19.3. The van der Waals surface area contributed by atoms with Crippen LogP contribution in [0.25, 0.3) is 0 Å². The van der Waals surface area contributed by atoms with Gasteiger partial charge in [0.1, 0.15) is 12.4 Å². The van der Waals surface area contributed by atoms with Gasteiger partial charge in [-0.05, 0) is 35.6 Å². The molecular weight excluding hydrogens is 438 g/mol. The Morgan fingerprint density at radius 1 is 1.36 bits per heavy atom. The van der Waals surface area contributed by atoms with E-state index in [4.69, 9.17) is 22.1 Å². The third kappa shape index (κ3) is 4.91. The van der Waals surface area contributed by atoms with E-state index in [0.29, 0.717) is 52.8 Å². The Kier molecular flexibility index (Phi) is 7.18. The SMILES string of the molecule is C=C/C=C1\C(=C/N)NC2=C(C(=O)CC(C)(C)C2)C(c2ccc(OCC=C)cc2Cl)N1C(C)=O. The van der Waals surface area contributed by atoms with Crippen LogP contribution < -0.4 is 15.8 Å². The van der Waals surface area contributed by atoms with Gasteiger partial charge in [-0.3, -0.25) is 14.5 Å². The molecule has 1 aliphatic heterocycles. The van der Waals surface area contributed by atoms with Crippen molar-refractivity contribution in [2.45, 2.75) is 39.7 Å². The lowest BCUT2D eigenvalue weighted by molar-refractivity contribution is -0.128. The van der Waals surface area contributed by atoms with E-state index >= 15 is 0 Å². The van der Waals surface area contributed by atoms with Crippen molar-refractivity contribution < 1.29 is 14.3 Å². The van der Waals surface area contributed by atoms with Gasteiger partial charge >= 0.3 is 0 Å². The number of hydrogen-bond acceptors (Lipinski definition) is 5. The van der Waals surface area contributed by atoms with Crippen LogP contribution in [0.2, 0.25) is 5.02 Å². The second kappa shape index (κ2) is 9.71. The summed E-state index contributed by atoms with van der Waals surface area (Å²) in [6.45, 7) is 13.3. The van der Waals surface area contributed by atoms with E-state index in [0.717, 1.165) is 5.70 Å². The van der Waals surface area contributed by atoms with Gasteiger partial charge in [0.2, 0.25) is 5.91 Å². The smallest absolute Gasteiger partial charge is 0.224 e. The number of allylic oxidation sites excluding steroid dienone is 3. The van der Waals surface area contributed by atoms with Gasteiger partial charge in [0.25, 0.3) is 0 Å². The predicted molar refractivity (Wildman–Crippen MR) is 131 cm³/mol. The monoisotopic (exact) mass is 467 g/mol. The highest BCUT2D eigenvalue weighted by molar-refractivity contribution is 6.31. The molecule has 1 amide bonds. The molecule has 0 saturated carbocycles. The van der Waals surface area contributed by atoms with Crippen LogP contribution in [0, 0.1) is 5.41 Å². The van der Waals surface area contributed by atoms with Crippen LogP contribution in [-0.4, -0.2) is 23.2 Å². The second-order valence-electron chi connectivity index (χ2n) is 8.90. The number of Topliss-reactive ketones (excluding diaryl/α,β-unsaturated/α-hetero) is 1. The van der Waals surface area contributed by atoms with Gasteiger partial charge in [0, 0.05) is 35.8 Å². The molecule has 7 heteroatoms. The molecule has 3 rings (SSSR count). The summed E-state index contributed by atoms with van der Waals surface area (Å²) in [6.07, 6.45) is 7.30. The highest BCUT2D eigenvalue weighted by Gasteiger charge is 2.44. The molecule has 1 aromatic rings. The lowest BCUT2D eigenvalue weighted by Crippen LogP contribution is -2.37. The van der Waals surface area contributed by atoms with Gasteiger partial charge in [-0.25, -0.2) is 0 Å². The van der Waals surface area contributed by atoms with E-state index in [-0.39, 0.29) is 17.1 Å². The molecule has 1 atom stereocenters. The van der Waals surface area contributed by atoms with E-state index in [1.165, 1.54) is 13.1 Å². The Labute approximate surface area is 200 Å². The van der Waals surface area contributed by atoms with E-state index in [1.807, 2.05) is 13.8 Å². The van der Waals surface area contributed by atoms with E-state index in [1.54, 1.807) is 41.3 Å². The van der Waals surface area contributed by atoms with Crippen LogP contribution in [0.3, 0.4) is 0 Å². The van der Waals surface area contributed by atoms with Gasteiger partial charge in [-0.15, -0.1) is 0 Å². The maximum absolute atomic E-state index is 13.5. The Morgan fingerprint density at radius 2 is 2.09 bits per heavy atom. The summed E-state index contributed by atoms with van der Waals surface area (Å²) in [5.41, 5.74) is 8.62. The molecule has 0 fully saturated rings. The molecule has 0 aromatic heterocycles. The van der Waals surface area contributed by atoms with Gasteiger partial charge < -0.3 is 15.8 Å². The zero-order valence-corrected chi connectivity index (χ0v) is 20.0. The van der Waals surface area contributed by atoms with Crippen molar-refractivity contribution >= 4 is 23.3 Å². The minimum atomic E-state index is -0.738. The average Bonchev–Trinajstić information content (AvgIpc) is 2.86. The topological polar surface area (TPSA) is 84.7 Å². The van der Waals surface area contributed by atoms with E-state index in [2.05, 4.69) is 18.5 Å². The van der Waals surface area contributed by atoms with Crippen molar-refractivity contribution in [3.63, 3.8) is 0 Å². The summed E-state index contributed by atoms with van der Waals surface area (Å²) in [5.74, 6) is 0.271. The van der Waals surface area contributed by atoms with Crippen LogP contribution in [-0.2, 0) is 9.59 Å². The zero-order chi connectivity index (χ0) is 24.3. The Morgan fingerprint density at radius 3 is 2.67 bits per heavy atom.